The van der Waals surface area contributed by atoms with Crippen molar-refractivity contribution < 1.29 is 19.4 Å². The highest BCUT2D eigenvalue weighted by Crippen LogP contribution is 2.21. The van der Waals surface area contributed by atoms with Crippen LogP contribution in [0.5, 0.6) is 5.75 Å². The van der Waals surface area contributed by atoms with Gasteiger partial charge >= 0.3 is 12.0 Å². The largest absolute Gasteiger partial charge is 0.508 e. The highest BCUT2D eigenvalue weighted by Gasteiger charge is 2.26. The number of hydrogen-bond acceptors (Lipinski definition) is 4. The van der Waals surface area contributed by atoms with Gasteiger partial charge in [0.1, 0.15) is 12.4 Å². The molecule has 6 heteroatoms. The first-order chi connectivity index (χ1) is 9.85. The molecular weight excluding hydrogens is 272 g/mol. The molecule has 0 aliphatic carbocycles. The molecule has 0 aromatic heterocycles. The van der Waals surface area contributed by atoms with Crippen LogP contribution in [0, 0.1) is 5.41 Å². The Bertz CT molecular complexity index is 500. The van der Waals surface area contributed by atoms with Gasteiger partial charge in [-0.15, -0.1) is 0 Å². The van der Waals surface area contributed by atoms with E-state index in [2.05, 4.69) is 10.6 Å². The minimum Gasteiger partial charge on any atom is -0.508 e. The summed E-state index contributed by atoms with van der Waals surface area (Å²) in [7, 11) is 0. The molecule has 116 valence electrons. The van der Waals surface area contributed by atoms with Crippen molar-refractivity contribution >= 4 is 17.7 Å². The lowest BCUT2D eigenvalue weighted by Gasteiger charge is -2.20. The van der Waals surface area contributed by atoms with E-state index in [1.807, 2.05) is 20.8 Å². The Labute approximate surface area is 124 Å². The second kappa shape index (κ2) is 7.52. The quantitative estimate of drug-likeness (QED) is 0.555. The van der Waals surface area contributed by atoms with E-state index in [1.165, 1.54) is 12.1 Å². The number of nitrogens with one attached hydrogen (secondary N) is 2. The number of phenols is 1. The van der Waals surface area contributed by atoms with E-state index >= 15 is 0 Å². The first kappa shape index (κ1) is 16.8. The number of ether oxygens (including phenoxy) is 1. The average molecular weight is 294 g/mol. The van der Waals surface area contributed by atoms with Crippen LogP contribution in [0.15, 0.2) is 24.3 Å². The molecule has 0 spiro atoms. The third kappa shape index (κ3) is 5.72. The maximum atomic E-state index is 11.7. The Morgan fingerprint density at radius 2 is 2.05 bits per heavy atom. The minimum absolute atomic E-state index is 0.0727. The highest BCUT2D eigenvalue weighted by atomic mass is 16.5. The third-order valence-corrected chi connectivity index (χ3v) is 3.16. The number of phenolic OH excluding ortho intramolecular Hbond substituents is 1. The summed E-state index contributed by atoms with van der Waals surface area (Å²) in [6.07, 6.45) is 0.692. The van der Waals surface area contributed by atoms with Crippen LogP contribution in [0.1, 0.15) is 27.2 Å². The lowest BCUT2D eigenvalue weighted by atomic mass is 9.91. The molecular formula is C15H22N2O4. The first-order valence-electron chi connectivity index (χ1n) is 6.86. The van der Waals surface area contributed by atoms with Crippen molar-refractivity contribution in [1.29, 1.82) is 0 Å². The zero-order valence-corrected chi connectivity index (χ0v) is 12.6. The monoisotopic (exact) mass is 294 g/mol. The number of hydrogen-bond donors (Lipinski definition) is 3. The SMILES string of the molecule is CCC(C)(C)C(=O)OCCNC(=O)Nc1cccc(O)c1. The Morgan fingerprint density at radius 3 is 2.67 bits per heavy atom. The normalized spacial score (nSPS) is 10.8. The molecule has 0 fully saturated rings. The number of carbonyl (C=O) groups excluding carboxylic acids is 2. The number of aromatic hydroxyl groups is 1. The van der Waals surface area contributed by atoms with Crippen molar-refractivity contribution in [3.63, 3.8) is 0 Å². The summed E-state index contributed by atoms with van der Waals surface area (Å²) in [6, 6.07) is 5.80. The van der Waals surface area contributed by atoms with Crippen LogP contribution in [0.4, 0.5) is 10.5 Å². The van der Waals surface area contributed by atoms with Gasteiger partial charge in [0.2, 0.25) is 0 Å². The molecule has 1 aromatic rings. The van der Waals surface area contributed by atoms with Gasteiger partial charge in [-0.1, -0.05) is 13.0 Å². The summed E-state index contributed by atoms with van der Waals surface area (Å²) in [5.74, 6) is -0.205. The summed E-state index contributed by atoms with van der Waals surface area (Å²) < 4.78 is 5.10. The van der Waals surface area contributed by atoms with Gasteiger partial charge in [0.05, 0.1) is 12.0 Å². The van der Waals surface area contributed by atoms with Crippen LogP contribution in [-0.2, 0) is 9.53 Å². The number of anilines is 1. The van der Waals surface area contributed by atoms with Crippen LogP contribution < -0.4 is 10.6 Å². The zero-order chi connectivity index (χ0) is 15.9. The number of esters is 1. The second-order valence-electron chi connectivity index (χ2n) is 5.30. The van der Waals surface area contributed by atoms with Gasteiger partial charge in [0.25, 0.3) is 0 Å². The standard InChI is InChI=1S/C15H22N2O4/c1-4-15(2,3)13(19)21-9-8-16-14(20)17-11-6-5-7-12(18)10-11/h5-7,10,18H,4,8-9H2,1-3H3,(H2,16,17,20). The van der Waals surface area contributed by atoms with Crippen molar-refractivity contribution in [2.24, 2.45) is 5.41 Å². The number of amides is 2. The molecule has 6 nitrogen and oxygen atoms in total. The summed E-state index contributed by atoms with van der Waals surface area (Å²) in [5, 5.41) is 14.4. The molecule has 0 aliphatic heterocycles. The molecule has 21 heavy (non-hydrogen) atoms. The average Bonchev–Trinajstić information content (AvgIpc) is 2.43. The summed E-state index contributed by atoms with van der Waals surface area (Å²) >= 11 is 0. The van der Waals surface area contributed by atoms with Crippen molar-refractivity contribution in [1.82, 2.24) is 5.32 Å². The summed E-state index contributed by atoms with van der Waals surface area (Å²) in [4.78, 5) is 23.3. The Kier molecular flexibility index (Phi) is 6.02. The van der Waals surface area contributed by atoms with Crippen LogP contribution in [0.25, 0.3) is 0 Å². The van der Waals surface area contributed by atoms with Crippen LogP contribution in [0.3, 0.4) is 0 Å². The van der Waals surface area contributed by atoms with E-state index in [0.29, 0.717) is 12.1 Å². The van der Waals surface area contributed by atoms with Gasteiger partial charge in [-0.05, 0) is 32.4 Å². The van der Waals surface area contributed by atoms with Gasteiger partial charge < -0.3 is 20.5 Å². The fourth-order valence-electron chi connectivity index (χ4n) is 1.41. The van der Waals surface area contributed by atoms with Crippen molar-refractivity contribution in [3.05, 3.63) is 24.3 Å². The number of urea groups is 1. The Morgan fingerprint density at radius 1 is 1.33 bits per heavy atom. The molecule has 0 unspecified atom stereocenters. The van der Waals surface area contributed by atoms with Crippen LogP contribution >= 0.6 is 0 Å². The maximum Gasteiger partial charge on any atom is 0.319 e. The molecule has 2 amide bonds. The molecule has 1 aromatic carbocycles. The van der Waals surface area contributed by atoms with E-state index in [1.54, 1.807) is 12.1 Å². The van der Waals surface area contributed by atoms with E-state index in [4.69, 9.17) is 4.74 Å². The van der Waals surface area contributed by atoms with E-state index in [0.717, 1.165) is 0 Å². The van der Waals surface area contributed by atoms with Gasteiger partial charge in [-0.3, -0.25) is 4.79 Å². The maximum absolute atomic E-state index is 11.7. The minimum atomic E-state index is -0.510. The molecule has 0 heterocycles. The Balaban J connectivity index is 2.27. The number of benzene rings is 1. The number of rotatable bonds is 6. The van der Waals surface area contributed by atoms with Gasteiger partial charge in [0.15, 0.2) is 0 Å². The zero-order valence-electron chi connectivity index (χ0n) is 12.6. The molecule has 3 N–H and O–H groups in total. The van der Waals surface area contributed by atoms with Gasteiger partial charge in [-0.25, -0.2) is 4.79 Å². The lowest BCUT2D eigenvalue weighted by Crippen LogP contribution is -2.34. The van der Waals surface area contributed by atoms with Crippen LogP contribution in [-0.4, -0.2) is 30.3 Å². The van der Waals surface area contributed by atoms with Crippen molar-refractivity contribution in [2.45, 2.75) is 27.2 Å². The van der Waals surface area contributed by atoms with Crippen molar-refractivity contribution in [3.8, 4) is 5.75 Å². The molecule has 0 bridgehead atoms. The molecule has 0 aliphatic rings. The molecule has 0 atom stereocenters. The molecule has 0 saturated heterocycles. The molecule has 1 rings (SSSR count). The van der Waals surface area contributed by atoms with E-state index in [9.17, 15) is 14.7 Å². The molecule has 0 saturated carbocycles. The topological polar surface area (TPSA) is 87.7 Å². The van der Waals surface area contributed by atoms with Crippen molar-refractivity contribution in [2.75, 3.05) is 18.5 Å². The van der Waals surface area contributed by atoms with Gasteiger partial charge in [-0.2, -0.15) is 0 Å². The van der Waals surface area contributed by atoms with E-state index in [-0.39, 0.29) is 24.9 Å². The fraction of sp³-hybridized carbons (Fsp3) is 0.467. The fourth-order valence-corrected chi connectivity index (χ4v) is 1.41. The lowest BCUT2D eigenvalue weighted by molar-refractivity contribution is -0.153. The van der Waals surface area contributed by atoms with E-state index < -0.39 is 11.4 Å². The Hall–Kier alpha value is -2.24. The number of carbonyl (C=O) groups is 2. The smallest absolute Gasteiger partial charge is 0.319 e. The summed E-state index contributed by atoms with van der Waals surface area (Å²) in [6.45, 7) is 5.89. The third-order valence-electron chi connectivity index (χ3n) is 3.16. The predicted molar refractivity (Wildman–Crippen MR) is 80.2 cm³/mol. The van der Waals surface area contributed by atoms with Crippen LogP contribution in [0.2, 0.25) is 0 Å². The summed E-state index contributed by atoms with van der Waals surface area (Å²) in [5.41, 5.74) is -0.0271. The first-order valence-corrected chi connectivity index (χ1v) is 6.86. The highest BCUT2D eigenvalue weighted by molar-refractivity contribution is 5.89. The molecule has 0 radical (unpaired) electrons. The predicted octanol–water partition coefficient (Wildman–Crippen LogP) is 2.49. The van der Waals surface area contributed by atoms with Gasteiger partial charge in [0, 0.05) is 11.8 Å². The second-order valence-corrected chi connectivity index (χ2v) is 5.30.